The molecule has 10 aliphatic carbocycles. The molecule has 16 bridgehead atoms. The summed E-state index contributed by atoms with van der Waals surface area (Å²) in [6.07, 6.45) is 9.36. The van der Waals surface area contributed by atoms with E-state index in [1.807, 2.05) is 76.2 Å². The maximum absolute atomic E-state index is 12.4. The van der Waals surface area contributed by atoms with Gasteiger partial charge < -0.3 is 90.4 Å². The summed E-state index contributed by atoms with van der Waals surface area (Å²) in [6, 6.07) is 0. The summed E-state index contributed by atoms with van der Waals surface area (Å²) in [4.78, 5) is 220. The van der Waals surface area contributed by atoms with Gasteiger partial charge in [-0.2, -0.15) is 9.59 Å². The van der Waals surface area contributed by atoms with Gasteiger partial charge in [-0.25, -0.2) is 19.2 Å². The van der Waals surface area contributed by atoms with Crippen molar-refractivity contribution in [3.8, 4) is 0 Å². The summed E-state index contributed by atoms with van der Waals surface area (Å²) in [5.74, 6) is -7.48. The first-order valence-corrected chi connectivity index (χ1v) is 48.7. The van der Waals surface area contributed by atoms with E-state index in [9.17, 15) is 86.6 Å². The number of esters is 17. The summed E-state index contributed by atoms with van der Waals surface area (Å²) in [5.41, 5.74) is -5.68. The molecule has 20 rings (SSSR count). The first-order valence-electron chi connectivity index (χ1n) is 48.7. The highest BCUT2D eigenvalue weighted by Crippen LogP contribution is 2.62. The van der Waals surface area contributed by atoms with Gasteiger partial charge in [-0.15, -0.1) is 0 Å². The number of aliphatic hydroxyl groups is 1. The van der Waals surface area contributed by atoms with Crippen molar-refractivity contribution in [2.45, 2.75) is 356 Å². The van der Waals surface area contributed by atoms with Crippen LogP contribution in [0.4, 0.5) is 0 Å². The lowest BCUT2D eigenvalue weighted by Gasteiger charge is -2.50. The van der Waals surface area contributed by atoms with Gasteiger partial charge in [-0.1, -0.05) is 48.5 Å². The Labute approximate surface area is 796 Å². The van der Waals surface area contributed by atoms with E-state index in [2.05, 4.69) is 0 Å². The first kappa shape index (κ1) is 106. The normalized spacial score (nSPS) is 36.4. The number of carbonyl (C=O) groups excluding carboxylic acids is 19. The van der Waals surface area contributed by atoms with Crippen LogP contribution >= 0.6 is 0 Å². The zero-order valence-electron chi connectivity index (χ0n) is 82.3. The van der Waals surface area contributed by atoms with E-state index < -0.39 is 171 Å². The van der Waals surface area contributed by atoms with Crippen LogP contribution in [0.25, 0.3) is 0 Å². The molecule has 0 aromatic carbocycles. The van der Waals surface area contributed by atoms with Crippen LogP contribution in [0.2, 0.25) is 0 Å². The average Bonchev–Trinajstić information content (AvgIpc) is 1.56. The molecule has 10 aliphatic heterocycles. The number of fused-ring (bicyclic) bond motifs is 6. The standard InChI is InChI=1S/C18H24O8.C17H24O6.C16H22O6.C16H24O5.C16H24O4.C15H20O7.CO2/c1-5-18(2,3)17(22)24-7-10(19)25-13-8-6-9-12(11(8)15(20)23-4)16(21)26-14(9)13;1-5-17(3,4)16(20)21-7-11(18)22-13-9-6-10-12(8(9)2)15(19)23-14(10)13;1-4-16(2,3)15(19)20-7-11(17)21-12-8-5-9-10(6-8)14(18)22-13(9)12;1-4-14(2,3)13(18)21-16-6-10-5-15(19,9-16)7-11(8-16)20-12(10)17;1-4-15(2,3)14(18)20-16-7-10-5-11(8-16)13(17)19-12(6-10)9-16;1-4-15(2,3)14(18)19-6-9(16)21-11-8-5-7-10(20-8)12(11)22-13(7)17;2-1-3/h8-9,11-14H,5-7H2,1-4H3;8-10,12-14H,5-7H2,1-4H3;8-10,12-13H,4-7H2,1-3H3;10-11,19H,4-9H2,1-3H3;10-12H,4-9H2,1-3H3;7-8,10-12H,4-6H2,1-3H3;. The Hall–Kier alpha value is -9.71. The molecule has 0 aromatic heterocycles. The minimum absolute atomic E-state index is 0.00636. The van der Waals surface area contributed by atoms with Crippen molar-refractivity contribution in [2.24, 2.45) is 121 Å². The lowest BCUT2D eigenvalue weighted by atomic mass is 9.62. The van der Waals surface area contributed by atoms with Crippen LogP contribution < -0.4 is 0 Å². The van der Waals surface area contributed by atoms with Crippen molar-refractivity contribution in [3.63, 3.8) is 0 Å². The van der Waals surface area contributed by atoms with Crippen LogP contribution in [0.3, 0.4) is 0 Å². The quantitative estimate of drug-likeness (QED) is 0.0592. The van der Waals surface area contributed by atoms with Crippen LogP contribution in [-0.4, -0.2) is 236 Å². The number of methoxy groups -OCH3 is 1. The molecule has 0 radical (unpaired) electrons. The number of ether oxygens (including phenoxy) is 18. The maximum Gasteiger partial charge on any atom is 0.373 e. The molecule has 10 saturated heterocycles. The fourth-order valence-electron chi connectivity index (χ4n) is 23.2. The second-order valence-electron chi connectivity index (χ2n) is 44.6. The Morgan fingerprint density at radius 1 is 0.380 bits per heavy atom. The number of carbonyl (C=O) groups is 17. The fourth-order valence-corrected chi connectivity index (χ4v) is 23.2. The number of hydrogen-bond acceptors (Lipinski definition) is 38. The lowest BCUT2D eigenvalue weighted by molar-refractivity contribution is -0.202. The molecule has 1 N–H and O–H groups in total. The SMILES string of the molecule is CCC(C)(C)C(=O)OC12CC3CC(C1)OC(=O)C(C3)C2.CCC(C)(C)C(=O)OC12CC3CC(O)(CC(C1)C(=O)O3)C2.CCC(C)(C)C(=O)OCC(=O)OC1C2CC3C(=O)OC1C3C2.CCC(C)(C)C(=O)OCC(=O)OC1C2CC3C(=O)OC1C3O2.CCC(C)(C)C(=O)OCC(=O)OC1C2CC3C1OC(=O)C3C2C.CCC(C)(C)C(=O)OCC(=O)OC1C2CC3C1OC(=O)C3C2C(=O)OC.O=C=O. The van der Waals surface area contributed by atoms with Gasteiger partial charge in [0.15, 0.2) is 38.6 Å². The van der Waals surface area contributed by atoms with E-state index in [0.29, 0.717) is 95.8 Å². The zero-order valence-corrected chi connectivity index (χ0v) is 82.3. The Morgan fingerprint density at radius 3 is 1.28 bits per heavy atom. The average molecular weight is 1940 g/mol. The molecule has 30 unspecified atom stereocenters. The van der Waals surface area contributed by atoms with Crippen LogP contribution in [0, 0.1) is 121 Å². The molecular weight excluding hydrogens is 1800 g/mol. The Bertz CT molecular complexity index is 4590. The lowest BCUT2D eigenvalue weighted by Crippen LogP contribution is -2.57. The summed E-state index contributed by atoms with van der Waals surface area (Å²) in [7, 11) is 1.27. The summed E-state index contributed by atoms with van der Waals surface area (Å²) in [5, 5.41) is 10.7. The van der Waals surface area contributed by atoms with Gasteiger partial charge in [-0.05, 0) is 191 Å². The molecule has 20 fully saturated rings. The molecule has 38 heteroatoms. The van der Waals surface area contributed by atoms with Crippen LogP contribution in [0.15, 0.2) is 0 Å². The van der Waals surface area contributed by atoms with Gasteiger partial charge in [-0.3, -0.25) is 62.3 Å². The Morgan fingerprint density at radius 2 is 0.781 bits per heavy atom. The topological polar surface area (TPSA) is 511 Å². The zero-order chi connectivity index (χ0) is 101. The largest absolute Gasteiger partial charge is 0.469 e. The van der Waals surface area contributed by atoms with E-state index in [-0.39, 0.29) is 168 Å². The van der Waals surface area contributed by atoms with Crippen molar-refractivity contribution in [2.75, 3.05) is 33.5 Å². The molecule has 0 aromatic rings. The van der Waals surface area contributed by atoms with E-state index in [1.54, 1.807) is 55.4 Å². The molecule has 137 heavy (non-hydrogen) atoms. The predicted octanol–water partition coefficient (Wildman–Crippen LogP) is 8.82. The van der Waals surface area contributed by atoms with Crippen molar-refractivity contribution >= 4 is 108 Å². The maximum atomic E-state index is 12.4. The van der Waals surface area contributed by atoms with Crippen molar-refractivity contribution in [1.29, 1.82) is 0 Å². The van der Waals surface area contributed by atoms with Crippen molar-refractivity contribution in [1.82, 2.24) is 0 Å². The first-order chi connectivity index (χ1) is 64.0. The highest BCUT2D eigenvalue weighted by Gasteiger charge is 2.72. The van der Waals surface area contributed by atoms with Crippen molar-refractivity contribution in [3.05, 3.63) is 0 Å². The van der Waals surface area contributed by atoms with E-state index >= 15 is 0 Å². The Balaban J connectivity index is 0.000000147. The van der Waals surface area contributed by atoms with Gasteiger partial charge in [0.1, 0.15) is 66.1 Å². The van der Waals surface area contributed by atoms with Gasteiger partial charge in [0.2, 0.25) is 0 Å². The third-order valence-corrected chi connectivity index (χ3v) is 33.2. The molecule has 30 atom stereocenters. The number of hydrogen-bond donors (Lipinski definition) is 1. The third-order valence-electron chi connectivity index (χ3n) is 33.2. The highest BCUT2D eigenvalue weighted by molar-refractivity contribution is 5.88. The molecule has 10 saturated carbocycles. The van der Waals surface area contributed by atoms with Gasteiger partial charge >= 0.3 is 108 Å². The smallest absolute Gasteiger partial charge is 0.373 e. The molecule has 0 amide bonds. The molecule has 38 nitrogen and oxygen atoms in total. The van der Waals surface area contributed by atoms with Crippen molar-refractivity contribution < 1.29 is 181 Å². The van der Waals surface area contributed by atoms with E-state index in [1.165, 1.54) is 7.11 Å². The predicted molar refractivity (Wildman–Crippen MR) is 463 cm³/mol. The Kier molecular flexibility index (Phi) is 31.7. The number of rotatable bonds is 27. The van der Waals surface area contributed by atoms with Gasteiger partial charge in [0.25, 0.3) is 0 Å². The molecular formula is C99H138O38. The molecule has 10 heterocycles. The molecule has 762 valence electrons. The summed E-state index contributed by atoms with van der Waals surface area (Å²) >= 11 is 0. The van der Waals surface area contributed by atoms with Crippen LogP contribution in [0.5, 0.6) is 0 Å². The van der Waals surface area contributed by atoms with Crippen LogP contribution in [0.1, 0.15) is 266 Å². The highest BCUT2D eigenvalue weighted by atomic mass is 16.7. The van der Waals surface area contributed by atoms with Crippen LogP contribution in [-0.2, 0) is 176 Å². The minimum atomic E-state index is -0.936. The van der Waals surface area contributed by atoms with E-state index in [4.69, 9.17) is 94.9 Å². The monoisotopic (exact) mass is 1930 g/mol. The van der Waals surface area contributed by atoms with E-state index in [0.717, 1.165) is 44.9 Å². The second kappa shape index (κ2) is 40.9. The minimum Gasteiger partial charge on any atom is -0.469 e. The van der Waals surface area contributed by atoms with Gasteiger partial charge in [0.05, 0.1) is 92.7 Å². The molecule has 0 spiro atoms. The summed E-state index contributed by atoms with van der Waals surface area (Å²) in [6.45, 7) is 33.4. The second-order valence-corrected chi connectivity index (χ2v) is 44.6. The molecule has 20 aliphatic rings. The third kappa shape index (κ3) is 22.1. The van der Waals surface area contributed by atoms with Gasteiger partial charge in [0, 0.05) is 74.0 Å². The summed E-state index contributed by atoms with van der Waals surface area (Å²) < 4.78 is 96.3. The fraction of sp³-hybridized carbons (Fsp3) is 0.818.